The fourth-order valence-electron chi connectivity index (χ4n) is 2.96. The van der Waals surface area contributed by atoms with Gasteiger partial charge in [0.2, 0.25) is 5.95 Å². The Balaban J connectivity index is 1.79. The lowest BCUT2D eigenvalue weighted by atomic mass is 10.1. The van der Waals surface area contributed by atoms with Crippen LogP contribution < -0.4 is 5.32 Å². The first-order chi connectivity index (χ1) is 13.2. The van der Waals surface area contributed by atoms with Gasteiger partial charge in [0.05, 0.1) is 11.0 Å². The predicted molar refractivity (Wildman–Crippen MR) is 112 cm³/mol. The molecule has 2 aromatic carbocycles. The lowest BCUT2D eigenvalue weighted by Crippen LogP contribution is -2.16. The number of carbonyl (C=O) groups is 1. The van der Waals surface area contributed by atoms with Crippen molar-refractivity contribution >= 4 is 34.7 Å². The molecular weight excluding hydrogens is 358 g/mol. The Morgan fingerprint density at radius 2 is 1.96 bits per heavy atom. The predicted octanol–water partition coefficient (Wildman–Crippen LogP) is 4.58. The fourth-order valence-corrected chi connectivity index (χ4v) is 3.48. The van der Waals surface area contributed by atoms with Crippen molar-refractivity contribution in [3.8, 4) is 0 Å². The molecule has 1 aromatic heterocycles. The number of carbonyl (C=O) groups excluding carboxylic acids is 1. The zero-order valence-corrected chi connectivity index (χ0v) is 16.6. The zero-order valence-electron chi connectivity index (χ0n) is 15.8. The molecule has 6 heteroatoms. The van der Waals surface area contributed by atoms with Crippen LogP contribution in [0.1, 0.15) is 29.3 Å². The number of ether oxygens (including phenoxy) is 1. The molecule has 0 radical (unpaired) electrons. The van der Waals surface area contributed by atoms with Crippen LogP contribution in [-0.2, 0) is 17.0 Å². The molecule has 0 saturated carbocycles. The van der Waals surface area contributed by atoms with Gasteiger partial charge < -0.3 is 9.30 Å². The molecule has 1 amide bonds. The summed E-state index contributed by atoms with van der Waals surface area (Å²) in [6.07, 6.45) is 2.93. The number of fused-ring (bicyclic) bond motifs is 1. The highest BCUT2D eigenvalue weighted by atomic mass is 32.2. The van der Waals surface area contributed by atoms with Crippen LogP contribution in [0.25, 0.3) is 11.0 Å². The highest BCUT2D eigenvalue weighted by molar-refractivity contribution is 7.97. The first kappa shape index (κ1) is 19.5. The van der Waals surface area contributed by atoms with E-state index in [4.69, 9.17) is 4.74 Å². The van der Waals surface area contributed by atoms with Gasteiger partial charge >= 0.3 is 0 Å². The minimum atomic E-state index is -0.146. The number of imidazole rings is 1. The summed E-state index contributed by atoms with van der Waals surface area (Å²) < 4.78 is 7.49. The Labute approximate surface area is 164 Å². The van der Waals surface area contributed by atoms with Crippen molar-refractivity contribution in [2.45, 2.75) is 25.6 Å². The highest BCUT2D eigenvalue weighted by Gasteiger charge is 2.14. The zero-order chi connectivity index (χ0) is 19.1. The first-order valence-electron chi connectivity index (χ1n) is 9.15. The van der Waals surface area contributed by atoms with Gasteiger partial charge in [0.25, 0.3) is 5.91 Å². The Morgan fingerprint density at radius 1 is 1.19 bits per heavy atom. The molecule has 0 aliphatic heterocycles. The topological polar surface area (TPSA) is 56.1 Å². The van der Waals surface area contributed by atoms with E-state index in [9.17, 15) is 4.79 Å². The van der Waals surface area contributed by atoms with Gasteiger partial charge in [-0.05, 0) is 49.4 Å². The number of hydrogen-bond acceptors (Lipinski definition) is 4. The summed E-state index contributed by atoms with van der Waals surface area (Å²) in [5.74, 6) is 1.37. The number of aryl methyl sites for hydroxylation is 1. The molecule has 5 nitrogen and oxygen atoms in total. The molecule has 3 aromatic rings. The molecule has 0 spiro atoms. The second-order valence-corrected chi connectivity index (χ2v) is 7.08. The standard InChI is InChI=1S/C21H25N3O2S/c1-3-26-14-6-13-24-19-8-5-4-7-18(19)22-21(24)23-20(25)17-11-9-16(10-12-17)15-27-2/h4-5,7-12H,3,6,13-15H2,1-2H3,(H,22,23,25). The molecule has 0 aliphatic rings. The minimum Gasteiger partial charge on any atom is -0.382 e. The summed E-state index contributed by atoms with van der Waals surface area (Å²) in [4.78, 5) is 17.3. The molecule has 0 fully saturated rings. The van der Waals surface area contributed by atoms with Gasteiger partial charge in [0.15, 0.2) is 0 Å². The van der Waals surface area contributed by atoms with Crippen LogP contribution in [-0.4, -0.2) is 34.9 Å². The number of nitrogens with one attached hydrogen (secondary N) is 1. The average molecular weight is 384 g/mol. The van der Waals surface area contributed by atoms with Gasteiger partial charge in [0.1, 0.15) is 0 Å². The minimum absolute atomic E-state index is 0.146. The normalized spacial score (nSPS) is 11.0. The van der Waals surface area contributed by atoms with Gasteiger partial charge in [-0.25, -0.2) is 4.98 Å². The van der Waals surface area contributed by atoms with E-state index in [-0.39, 0.29) is 5.91 Å². The van der Waals surface area contributed by atoms with E-state index in [1.165, 1.54) is 5.56 Å². The largest absolute Gasteiger partial charge is 0.382 e. The second kappa shape index (κ2) is 9.58. The summed E-state index contributed by atoms with van der Waals surface area (Å²) in [5, 5.41) is 2.98. The van der Waals surface area contributed by atoms with E-state index < -0.39 is 0 Å². The third kappa shape index (κ3) is 4.90. The number of amides is 1. The Kier molecular flexibility index (Phi) is 6.90. The quantitative estimate of drug-likeness (QED) is 0.550. The molecule has 27 heavy (non-hydrogen) atoms. The van der Waals surface area contributed by atoms with Crippen LogP contribution in [0, 0.1) is 0 Å². The lowest BCUT2D eigenvalue weighted by Gasteiger charge is -2.10. The maximum absolute atomic E-state index is 12.7. The highest BCUT2D eigenvalue weighted by Crippen LogP contribution is 2.21. The van der Waals surface area contributed by atoms with Crippen LogP contribution >= 0.6 is 11.8 Å². The second-order valence-electron chi connectivity index (χ2n) is 6.21. The molecule has 3 rings (SSSR count). The van der Waals surface area contributed by atoms with Crippen molar-refractivity contribution in [2.75, 3.05) is 24.8 Å². The number of benzene rings is 2. The number of anilines is 1. The van der Waals surface area contributed by atoms with E-state index in [1.807, 2.05) is 60.0 Å². The maximum Gasteiger partial charge on any atom is 0.257 e. The molecule has 1 heterocycles. The molecule has 0 atom stereocenters. The summed E-state index contributed by atoms with van der Waals surface area (Å²) >= 11 is 1.76. The fraction of sp³-hybridized carbons (Fsp3) is 0.333. The summed E-state index contributed by atoms with van der Waals surface area (Å²) in [5.41, 5.74) is 3.73. The van der Waals surface area contributed by atoms with Crippen LogP contribution in [0.4, 0.5) is 5.95 Å². The molecule has 0 unspecified atom stereocenters. The Morgan fingerprint density at radius 3 is 2.70 bits per heavy atom. The molecule has 0 aliphatic carbocycles. The van der Waals surface area contributed by atoms with Crippen LogP contribution in [0.3, 0.4) is 0 Å². The van der Waals surface area contributed by atoms with Gasteiger partial charge in [-0.2, -0.15) is 11.8 Å². The van der Waals surface area contributed by atoms with Gasteiger partial charge in [-0.15, -0.1) is 0 Å². The van der Waals surface area contributed by atoms with Crippen molar-refractivity contribution in [3.05, 3.63) is 59.7 Å². The summed E-state index contributed by atoms with van der Waals surface area (Å²) in [7, 11) is 0. The molecule has 0 saturated heterocycles. The molecule has 142 valence electrons. The van der Waals surface area contributed by atoms with Crippen LogP contribution in [0.5, 0.6) is 0 Å². The van der Waals surface area contributed by atoms with Gasteiger partial charge in [-0.3, -0.25) is 10.1 Å². The Bertz CT molecular complexity index is 890. The number of para-hydroxylation sites is 2. The summed E-state index contributed by atoms with van der Waals surface area (Å²) in [6, 6.07) is 15.6. The number of aromatic nitrogens is 2. The molecule has 1 N–H and O–H groups in total. The van der Waals surface area contributed by atoms with Crippen molar-refractivity contribution in [2.24, 2.45) is 0 Å². The smallest absolute Gasteiger partial charge is 0.257 e. The van der Waals surface area contributed by atoms with Crippen molar-refractivity contribution in [3.63, 3.8) is 0 Å². The van der Waals surface area contributed by atoms with E-state index in [0.717, 1.165) is 29.8 Å². The first-order valence-corrected chi connectivity index (χ1v) is 10.5. The summed E-state index contributed by atoms with van der Waals surface area (Å²) in [6.45, 7) is 4.12. The van der Waals surface area contributed by atoms with Gasteiger partial charge in [0, 0.05) is 31.1 Å². The van der Waals surface area contributed by atoms with E-state index in [2.05, 4.69) is 16.6 Å². The maximum atomic E-state index is 12.7. The van der Waals surface area contributed by atoms with Crippen LogP contribution in [0.15, 0.2) is 48.5 Å². The van der Waals surface area contributed by atoms with Crippen molar-refractivity contribution in [1.82, 2.24) is 9.55 Å². The third-order valence-corrected chi connectivity index (χ3v) is 4.90. The number of rotatable bonds is 9. The third-order valence-electron chi connectivity index (χ3n) is 4.28. The monoisotopic (exact) mass is 383 g/mol. The van der Waals surface area contributed by atoms with Crippen molar-refractivity contribution < 1.29 is 9.53 Å². The van der Waals surface area contributed by atoms with E-state index >= 15 is 0 Å². The van der Waals surface area contributed by atoms with Crippen molar-refractivity contribution in [1.29, 1.82) is 0 Å². The molecular formula is C21H25N3O2S. The van der Waals surface area contributed by atoms with E-state index in [0.29, 0.717) is 24.7 Å². The Hall–Kier alpha value is -2.31. The SMILES string of the molecule is CCOCCCn1c(NC(=O)c2ccc(CSC)cc2)nc2ccccc21. The lowest BCUT2D eigenvalue weighted by molar-refractivity contribution is 0.102. The van der Waals surface area contributed by atoms with Gasteiger partial charge in [-0.1, -0.05) is 24.3 Å². The van der Waals surface area contributed by atoms with Crippen LogP contribution in [0.2, 0.25) is 0 Å². The number of hydrogen-bond donors (Lipinski definition) is 1. The number of thioether (sulfide) groups is 1. The molecule has 0 bridgehead atoms. The number of nitrogens with zero attached hydrogens (tertiary/aromatic N) is 2. The average Bonchev–Trinajstić information content (AvgIpc) is 3.03. The van der Waals surface area contributed by atoms with E-state index in [1.54, 1.807) is 11.8 Å².